The highest BCUT2D eigenvalue weighted by molar-refractivity contribution is 5.89. The molecule has 1 N–H and O–H groups in total. The number of carbonyl (C=O) groups is 2. The minimum absolute atomic E-state index is 0.0206. The number of ether oxygens (including phenoxy) is 1. The molecule has 0 spiro atoms. The van der Waals surface area contributed by atoms with Crippen LogP contribution in [0.1, 0.15) is 24.1 Å². The van der Waals surface area contributed by atoms with E-state index in [4.69, 9.17) is 4.74 Å². The van der Waals surface area contributed by atoms with E-state index in [1.165, 1.54) is 16.5 Å². The molecular weight excluding hydrogens is 465 g/mol. The summed E-state index contributed by atoms with van der Waals surface area (Å²) in [6.45, 7) is 9.49. The summed E-state index contributed by atoms with van der Waals surface area (Å²) in [6, 6.07) is 9.09. The van der Waals surface area contributed by atoms with Crippen LogP contribution in [0.3, 0.4) is 0 Å². The molecule has 0 aliphatic carbocycles. The topological polar surface area (TPSA) is 94.1 Å². The Labute approximate surface area is 210 Å². The van der Waals surface area contributed by atoms with Crippen LogP contribution in [0.2, 0.25) is 0 Å². The van der Waals surface area contributed by atoms with Gasteiger partial charge in [0.25, 0.3) is 0 Å². The number of likely N-dealkylation sites (N-methyl/N-ethyl adjacent to an activating group) is 1. The van der Waals surface area contributed by atoms with Crippen LogP contribution in [-0.4, -0.2) is 89.7 Å². The van der Waals surface area contributed by atoms with E-state index in [2.05, 4.69) is 38.9 Å². The number of piperazine rings is 1. The van der Waals surface area contributed by atoms with Crippen molar-refractivity contribution in [3.8, 4) is 0 Å². The minimum atomic E-state index is -0.739. The Bertz CT molecular complexity index is 1100. The molecule has 2 aromatic rings. The first-order valence-corrected chi connectivity index (χ1v) is 11.9. The van der Waals surface area contributed by atoms with E-state index in [9.17, 15) is 14.0 Å². The SMILES string of the molecule is C=CC(=O)N1CCN(Cc2ccc([C@H](C)Nc3nc(F)cc(N4C(=O)OC[C@@H]4N(C)C)n3)cc2)CC1. The molecule has 3 heterocycles. The molecule has 2 aliphatic heterocycles. The molecule has 0 radical (unpaired) electrons. The first-order valence-electron chi connectivity index (χ1n) is 11.9. The van der Waals surface area contributed by atoms with Gasteiger partial charge in [0.1, 0.15) is 18.6 Å². The number of carbonyl (C=O) groups excluding carboxylic acids is 2. The van der Waals surface area contributed by atoms with Gasteiger partial charge in [-0.15, -0.1) is 0 Å². The number of nitrogens with zero attached hydrogens (tertiary/aromatic N) is 6. The molecule has 2 aliphatic rings. The molecule has 0 saturated carbocycles. The van der Waals surface area contributed by atoms with Crippen molar-refractivity contribution in [2.24, 2.45) is 0 Å². The number of amides is 2. The summed E-state index contributed by atoms with van der Waals surface area (Å²) >= 11 is 0. The van der Waals surface area contributed by atoms with E-state index < -0.39 is 12.0 Å². The van der Waals surface area contributed by atoms with Crippen molar-refractivity contribution < 1.29 is 18.7 Å². The van der Waals surface area contributed by atoms with Crippen LogP contribution in [-0.2, 0) is 16.1 Å². The third-order valence-corrected chi connectivity index (χ3v) is 6.46. The molecule has 0 bridgehead atoms. The molecule has 2 saturated heterocycles. The van der Waals surface area contributed by atoms with Crippen LogP contribution >= 0.6 is 0 Å². The van der Waals surface area contributed by atoms with E-state index in [0.717, 1.165) is 31.3 Å². The predicted octanol–water partition coefficient (Wildman–Crippen LogP) is 2.46. The van der Waals surface area contributed by atoms with Crippen LogP contribution < -0.4 is 10.2 Å². The highest BCUT2D eigenvalue weighted by Gasteiger charge is 2.37. The van der Waals surface area contributed by atoms with E-state index in [0.29, 0.717) is 13.1 Å². The van der Waals surface area contributed by atoms with Gasteiger partial charge < -0.3 is 15.0 Å². The van der Waals surface area contributed by atoms with Crippen molar-refractivity contribution in [2.75, 3.05) is 57.1 Å². The lowest BCUT2D eigenvalue weighted by Crippen LogP contribution is -2.47. The third kappa shape index (κ3) is 5.80. The molecule has 4 rings (SSSR count). The average molecular weight is 498 g/mol. The van der Waals surface area contributed by atoms with E-state index in [-0.39, 0.29) is 36.5 Å². The van der Waals surface area contributed by atoms with Crippen molar-refractivity contribution in [3.63, 3.8) is 0 Å². The van der Waals surface area contributed by atoms with Crippen molar-refractivity contribution in [3.05, 3.63) is 60.1 Å². The summed E-state index contributed by atoms with van der Waals surface area (Å²) in [5.41, 5.74) is 2.15. The number of anilines is 2. The zero-order chi connectivity index (χ0) is 25.8. The number of cyclic esters (lactones) is 1. The normalized spacial score (nSPS) is 19.4. The summed E-state index contributed by atoms with van der Waals surface area (Å²) in [5.74, 6) is -0.528. The molecule has 2 fully saturated rings. The summed E-state index contributed by atoms with van der Waals surface area (Å²) < 4.78 is 19.5. The van der Waals surface area contributed by atoms with Gasteiger partial charge in [0, 0.05) is 38.8 Å². The Kier molecular flexibility index (Phi) is 7.80. The Balaban J connectivity index is 1.38. The van der Waals surface area contributed by atoms with E-state index in [1.807, 2.05) is 43.0 Å². The van der Waals surface area contributed by atoms with Gasteiger partial charge in [0.2, 0.25) is 17.8 Å². The van der Waals surface area contributed by atoms with Crippen molar-refractivity contribution >= 4 is 23.8 Å². The van der Waals surface area contributed by atoms with Gasteiger partial charge in [-0.05, 0) is 38.2 Å². The highest BCUT2D eigenvalue weighted by Crippen LogP contribution is 2.25. The molecule has 2 amide bonds. The largest absolute Gasteiger partial charge is 0.445 e. The van der Waals surface area contributed by atoms with Crippen LogP contribution in [0, 0.1) is 5.95 Å². The van der Waals surface area contributed by atoms with Gasteiger partial charge in [-0.1, -0.05) is 30.8 Å². The van der Waals surface area contributed by atoms with Gasteiger partial charge in [-0.3, -0.25) is 14.6 Å². The van der Waals surface area contributed by atoms with Gasteiger partial charge >= 0.3 is 6.09 Å². The number of rotatable bonds is 8. The fourth-order valence-electron chi connectivity index (χ4n) is 4.33. The van der Waals surface area contributed by atoms with Crippen LogP contribution in [0.4, 0.5) is 21.0 Å². The first kappa shape index (κ1) is 25.5. The smallest absolute Gasteiger partial charge is 0.417 e. The second-order valence-electron chi connectivity index (χ2n) is 9.18. The number of hydrogen-bond acceptors (Lipinski definition) is 8. The molecule has 36 heavy (non-hydrogen) atoms. The van der Waals surface area contributed by atoms with Crippen LogP contribution in [0.15, 0.2) is 43.0 Å². The van der Waals surface area contributed by atoms with Crippen molar-refractivity contribution in [1.29, 1.82) is 0 Å². The van der Waals surface area contributed by atoms with Crippen LogP contribution in [0.25, 0.3) is 0 Å². The third-order valence-electron chi connectivity index (χ3n) is 6.46. The molecule has 0 unspecified atom stereocenters. The molecular formula is C25H32FN7O3. The summed E-state index contributed by atoms with van der Waals surface area (Å²) in [7, 11) is 3.62. The fraction of sp³-hybridized carbons (Fsp3) is 0.440. The Morgan fingerprint density at radius 3 is 2.58 bits per heavy atom. The number of nitrogens with one attached hydrogen (secondary N) is 1. The lowest BCUT2D eigenvalue weighted by molar-refractivity contribution is -0.127. The number of hydrogen-bond donors (Lipinski definition) is 1. The van der Waals surface area contributed by atoms with Gasteiger partial charge in [0.15, 0.2) is 0 Å². The van der Waals surface area contributed by atoms with Crippen LogP contribution in [0.5, 0.6) is 0 Å². The molecule has 11 heteroatoms. The highest BCUT2D eigenvalue weighted by atomic mass is 19.1. The number of aromatic nitrogens is 2. The zero-order valence-electron chi connectivity index (χ0n) is 20.9. The molecule has 10 nitrogen and oxygen atoms in total. The summed E-state index contributed by atoms with van der Waals surface area (Å²) in [6.07, 6.45) is 0.408. The lowest BCUT2D eigenvalue weighted by Gasteiger charge is -2.34. The van der Waals surface area contributed by atoms with Gasteiger partial charge in [-0.2, -0.15) is 14.4 Å². The monoisotopic (exact) mass is 497 g/mol. The average Bonchev–Trinajstić information content (AvgIpc) is 3.26. The second-order valence-corrected chi connectivity index (χ2v) is 9.18. The minimum Gasteiger partial charge on any atom is -0.445 e. The molecule has 2 atom stereocenters. The maximum Gasteiger partial charge on any atom is 0.417 e. The Morgan fingerprint density at radius 1 is 1.25 bits per heavy atom. The lowest BCUT2D eigenvalue weighted by atomic mass is 10.1. The quantitative estimate of drug-likeness (QED) is 0.439. The van der Waals surface area contributed by atoms with Gasteiger partial charge in [-0.25, -0.2) is 9.69 Å². The molecule has 1 aromatic carbocycles. The molecule has 192 valence electrons. The standard InChI is InChI=1S/C25H32FN7O3/c1-5-23(34)32-12-10-31(11-13-32)15-18-6-8-19(9-7-18)17(2)27-24-28-20(26)14-21(29-24)33-22(30(3)4)16-36-25(33)35/h5-9,14,17,22H,1,10-13,15-16H2,2-4H3,(H,27,28,29)/t17-,22+/m0/s1. The number of benzene rings is 1. The number of halogens is 1. The van der Waals surface area contributed by atoms with E-state index >= 15 is 0 Å². The van der Waals surface area contributed by atoms with Gasteiger partial charge in [0.05, 0.1) is 6.04 Å². The maximum atomic E-state index is 14.3. The zero-order valence-corrected chi connectivity index (χ0v) is 20.9. The summed E-state index contributed by atoms with van der Waals surface area (Å²) in [5, 5.41) is 3.13. The summed E-state index contributed by atoms with van der Waals surface area (Å²) in [4.78, 5) is 39.5. The predicted molar refractivity (Wildman–Crippen MR) is 134 cm³/mol. The van der Waals surface area contributed by atoms with Crippen molar-refractivity contribution in [1.82, 2.24) is 24.7 Å². The van der Waals surface area contributed by atoms with Crippen molar-refractivity contribution in [2.45, 2.75) is 25.7 Å². The Morgan fingerprint density at radius 2 is 1.94 bits per heavy atom. The fourth-order valence-corrected chi connectivity index (χ4v) is 4.33. The Hall–Kier alpha value is -3.57. The second kappa shape index (κ2) is 11.0. The van der Waals surface area contributed by atoms with E-state index in [1.54, 1.807) is 0 Å². The maximum absolute atomic E-state index is 14.3. The molecule has 1 aromatic heterocycles. The first-order chi connectivity index (χ1) is 17.2.